The lowest BCUT2D eigenvalue weighted by Gasteiger charge is -2.46. The van der Waals surface area contributed by atoms with E-state index >= 15 is 0 Å². The number of carbonyl (C=O) groups excluding carboxylic acids is 3. The predicted octanol–water partition coefficient (Wildman–Crippen LogP) is 4.45. The van der Waals surface area contributed by atoms with Gasteiger partial charge in [0.1, 0.15) is 5.41 Å². The summed E-state index contributed by atoms with van der Waals surface area (Å²) in [7, 11) is 0. The van der Waals surface area contributed by atoms with Crippen molar-refractivity contribution in [2.24, 2.45) is 5.41 Å². The molecule has 4 amide bonds. The van der Waals surface area contributed by atoms with Gasteiger partial charge in [-0.15, -0.1) is 13.2 Å². The molecule has 2 aliphatic rings. The lowest BCUT2D eigenvalue weighted by Crippen LogP contribution is -2.67. The van der Waals surface area contributed by atoms with E-state index in [4.69, 9.17) is 0 Å². The summed E-state index contributed by atoms with van der Waals surface area (Å²) in [5.41, 5.74) is -0.872. The largest absolute Gasteiger partial charge is 0.338 e. The van der Waals surface area contributed by atoms with Crippen LogP contribution >= 0.6 is 0 Å². The number of allylic oxidation sites excluding steroid dienone is 2. The van der Waals surface area contributed by atoms with Crippen LogP contribution in [-0.2, 0) is 9.59 Å². The highest BCUT2D eigenvalue weighted by atomic mass is 16.2. The fourth-order valence-electron chi connectivity index (χ4n) is 4.21. The molecule has 0 unspecified atom stereocenters. The fraction of sp³-hybridized carbons (Fsp3) is 0.409. The van der Waals surface area contributed by atoms with E-state index in [1.807, 2.05) is 6.07 Å². The molecular weight excluding hydrogens is 340 g/mol. The smallest absolute Gasteiger partial charge is 0.273 e. The van der Waals surface area contributed by atoms with E-state index in [-0.39, 0.29) is 18.9 Å². The Kier molecular flexibility index (Phi) is 5.59. The first kappa shape index (κ1) is 19.1. The normalized spacial score (nSPS) is 20.7. The van der Waals surface area contributed by atoms with Crippen molar-refractivity contribution < 1.29 is 14.4 Å². The number of imide groups is 2. The molecule has 0 bridgehead atoms. The predicted molar refractivity (Wildman–Crippen MR) is 105 cm³/mol. The first-order chi connectivity index (χ1) is 13.1. The van der Waals surface area contributed by atoms with Crippen LogP contribution in [0.3, 0.4) is 0 Å². The summed E-state index contributed by atoms with van der Waals surface area (Å²) < 4.78 is 0. The van der Waals surface area contributed by atoms with Crippen molar-refractivity contribution in [2.45, 2.75) is 51.0 Å². The van der Waals surface area contributed by atoms with Crippen molar-refractivity contribution in [3.8, 4) is 0 Å². The molecule has 1 aromatic carbocycles. The molecule has 0 spiro atoms. The van der Waals surface area contributed by atoms with Gasteiger partial charge in [0, 0.05) is 6.04 Å². The third kappa shape index (κ3) is 3.22. The number of benzene rings is 1. The summed E-state index contributed by atoms with van der Waals surface area (Å²) in [5, 5.41) is 0. The Bertz CT molecular complexity index is 740. The molecule has 1 saturated heterocycles. The SMILES string of the molecule is C=CCC1(CC=C)C(=O)N(c2ccccc2)C(=O)N(C2CCCCC2)C1=O. The van der Waals surface area contributed by atoms with Gasteiger partial charge < -0.3 is 0 Å². The van der Waals surface area contributed by atoms with Crippen LogP contribution in [0.15, 0.2) is 55.6 Å². The minimum atomic E-state index is -1.36. The van der Waals surface area contributed by atoms with Crippen LogP contribution < -0.4 is 4.90 Å². The molecule has 0 aromatic heterocycles. The third-order valence-electron chi connectivity index (χ3n) is 5.58. The zero-order valence-electron chi connectivity index (χ0n) is 15.6. The number of amides is 4. The van der Waals surface area contributed by atoms with Crippen LogP contribution in [0, 0.1) is 5.41 Å². The lowest BCUT2D eigenvalue weighted by atomic mass is 9.75. The number of rotatable bonds is 6. The van der Waals surface area contributed by atoms with Crippen molar-refractivity contribution in [2.75, 3.05) is 4.90 Å². The fourth-order valence-corrected chi connectivity index (χ4v) is 4.21. The van der Waals surface area contributed by atoms with Crippen LogP contribution in [0.4, 0.5) is 10.5 Å². The number of nitrogens with zero attached hydrogens (tertiary/aromatic N) is 2. The zero-order valence-corrected chi connectivity index (χ0v) is 15.6. The molecule has 0 atom stereocenters. The minimum absolute atomic E-state index is 0.160. The molecule has 1 aromatic rings. The van der Waals surface area contributed by atoms with Crippen LogP contribution in [0.5, 0.6) is 0 Å². The summed E-state index contributed by atoms with van der Waals surface area (Å²) in [6.07, 6.45) is 8.16. The summed E-state index contributed by atoms with van der Waals surface area (Å²) >= 11 is 0. The quantitative estimate of drug-likeness (QED) is 0.552. The molecule has 0 radical (unpaired) electrons. The first-order valence-corrected chi connectivity index (χ1v) is 9.56. The molecule has 142 valence electrons. The van der Waals surface area contributed by atoms with Crippen LogP contribution in [0.1, 0.15) is 44.9 Å². The van der Waals surface area contributed by atoms with E-state index in [1.165, 1.54) is 9.80 Å². The molecule has 1 aliphatic carbocycles. The molecule has 1 saturated carbocycles. The van der Waals surface area contributed by atoms with Crippen LogP contribution in [0.2, 0.25) is 0 Å². The summed E-state index contributed by atoms with van der Waals surface area (Å²) in [6, 6.07) is 8.13. The van der Waals surface area contributed by atoms with Crippen LogP contribution in [-0.4, -0.2) is 28.8 Å². The average Bonchev–Trinajstić information content (AvgIpc) is 2.68. The highest BCUT2D eigenvalue weighted by Crippen LogP contribution is 2.41. The van der Waals surface area contributed by atoms with Gasteiger partial charge in [0.2, 0.25) is 5.91 Å². The molecular formula is C22H26N2O3. The maximum absolute atomic E-state index is 13.5. The van der Waals surface area contributed by atoms with Gasteiger partial charge in [-0.1, -0.05) is 49.6 Å². The third-order valence-corrected chi connectivity index (χ3v) is 5.58. The van der Waals surface area contributed by atoms with Crippen molar-refractivity contribution in [3.05, 3.63) is 55.6 Å². The maximum Gasteiger partial charge on any atom is 0.338 e. The Hall–Kier alpha value is -2.69. The van der Waals surface area contributed by atoms with E-state index in [0.29, 0.717) is 5.69 Å². The highest BCUT2D eigenvalue weighted by molar-refractivity contribution is 6.30. The van der Waals surface area contributed by atoms with Crippen molar-refractivity contribution in [1.82, 2.24) is 4.90 Å². The zero-order chi connectivity index (χ0) is 19.4. The van der Waals surface area contributed by atoms with Gasteiger partial charge in [-0.05, 0) is 37.8 Å². The van der Waals surface area contributed by atoms with Gasteiger partial charge in [-0.25, -0.2) is 9.69 Å². The van der Waals surface area contributed by atoms with Gasteiger partial charge in [0.15, 0.2) is 0 Å². The van der Waals surface area contributed by atoms with E-state index in [9.17, 15) is 14.4 Å². The Balaban J connectivity index is 2.12. The molecule has 5 nitrogen and oxygen atoms in total. The number of para-hydroxylation sites is 1. The average molecular weight is 366 g/mol. The molecule has 1 aliphatic heterocycles. The molecule has 3 rings (SSSR count). The Morgan fingerprint density at radius 2 is 1.52 bits per heavy atom. The molecule has 27 heavy (non-hydrogen) atoms. The van der Waals surface area contributed by atoms with Gasteiger partial charge in [0.25, 0.3) is 5.91 Å². The summed E-state index contributed by atoms with van der Waals surface area (Å²) in [5.74, 6) is -0.896. The Labute approximate surface area is 160 Å². The standard InChI is InChI=1S/C22H26N2O3/c1-3-15-22(16-4-2)19(25)23(17-11-7-5-8-12-17)21(27)24(20(22)26)18-13-9-6-10-14-18/h3-5,7-8,11-12,18H,1-2,6,9-10,13-16H2. The Morgan fingerprint density at radius 1 is 0.926 bits per heavy atom. The van der Waals surface area contributed by atoms with Gasteiger partial charge >= 0.3 is 6.03 Å². The summed E-state index contributed by atoms with van der Waals surface area (Å²) in [6.45, 7) is 7.49. The number of hydrogen-bond donors (Lipinski definition) is 0. The topological polar surface area (TPSA) is 57.7 Å². The monoisotopic (exact) mass is 366 g/mol. The Morgan fingerprint density at radius 3 is 2.07 bits per heavy atom. The number of barbiturate groups is 1. The van der Waals surface area contributed by atoms with Gasteiger partial charge in [-0.3, -0.25) is 14.5 Å². The van der Waals surface area contributed by atoms with E-state index in [2.05, 4.69) is 13.2 Å². The molecule has 1 heterocycles. The number of anilines is 1. The maximum atomic E-state index is 13.5. The van der Waals surface area contributed by atoms with Crippen molar-refractivity contribution >= 4 is 23.5 Å². The second kappa shape index (κ2) is 7.91. The lowest BCUT2D eigenvalue weighted by molar-refractivity contribution is -0.151. The first-order valence-electron chi connectivity index (χ1n) is 9.56. The second-order valence-corrected chi connectivity index (χ2v) is 7.29. The molecule has 0 N–H and O–H groups in total. The number of carbonyl (C=O) groups is 3. The van der Waals surface area contributed by atoms with Gasteiger partial charge in [0.05, 0.1) is 5.69 Å². The second-order valence-electron chi connectivity index (χ2n) is 7.29. The van der Waals surface area contributed by atoms with E-state index in [0.717, 1.165) is 32.1 Å². The summed E-state index contributed by atoms with van der Waals surface area (Å²) in [4.78, 5) is 42.7. The van der Waals surface area contributed by atoms with Crippen LogP contribution in [0.25, 0.3) is 0 Å². The molecule has 2 fully saturated rings. The number of urea groups is 1. The van der Waals surface area contributed by atoms with Gasteiger partial charge in [-0.2, -0.15) is 0 Å². The minimum Gasteiger partial charge on any atom is -0.273 e. The van der Waals surface area contributed by atoms with E-state index in [1.54, 1.807) is 36.4 Å². The van der Waals surface area contributed by atoms with Crippen molar-refractivity contribution in [3.63, 3.8) is 0 Å². The van der Waals surface area contributed by atoms with Crippen molar-refractivity contribution in [1.29, 1.82) is 0 Å². The highest BCUT2D eigenvalue weighted by Gasteiger charge is 2.57. The van der Waals surface area contributed by atoms with E-state index < -0.39 is 23.3 Å². The number of hydrogen-bond acceptors (Lipinski definition) is 3. The molecule has 5 heteroatoms.